The number of hydrogen-bond acceptors (Lipinski definition) is 10. The van der Waals surface area contributed by atoms with E-state index >= 15 is 0 Å². The van der Waals surface area contributed by atoms with E-state index in [2.05, 4.69) is 385 Å². The number of hydrogen-bond donors (Lipinski definition) is 0. The fourth-order valence-electron chi connectivity index (χ4n) is 20.2. The SMILES string of the molecule is c1ccc(-n2c3ccc(-c4ccc5c(c4)nc4c6ccccc6c6ccccc6n54)cc3c3c4sc5ccccc5c4oc32)cc1.c1ccc(-n2c3ccc(-c4ccc5nc6c7ccccc7c7ccccc7n6c5c4)cc3c3c4sc5ccccc5c4oc32)cc1.c1ccc(-n2c3ccc(-c4cccc(-c5ccncc5)n4)cc3c3c4sc5ccccc5c4oc32)cc1. The lowest BCUT2D eigenvalue weighted by Gasteiger charge is -2.09. The van der Waals surface area contributed by atoms with E-state index in [9.17, 15) is 0 Å². The van der Waals surface area contributed by atoms with E-state index in [0.717, 1.165) is 173 Å². The lowest BCUT2D eigenvalue weighted by Crippen LogP contribution is -1.93. The maximum Gasteiger partial charge on any atom is 0.214 e. The van der Waals surface area contributed by atoms with Crippen LogP contribution in [0.25, 0.3) is 266 Å². The third kappa shape index (κ3) is 10.8. The van der Waals surface area contributed by atoms with Crippen molar-refractivity contribution in [1.29, 1.82) is 0 Å². The smallest absolute Gasteiger partial charge is 0.214 e. The summed E-state index contributed by atoms with van der Waals surface area (Å²) in [5.41, 5.74) is 29.3. The van der Waals surface area contributed by atoms with E-state index in [-0.39, 0.29) is 0 Å². The van der Waals surface area contributed by atoms with E-state index in [1.807, 2.05) is 46.9 Å². The molecule has 0 amide bonds. The van der Waals surface area contributed by atoms with Gasteiger partial charge in [-0.15, -0.1) is 34.0 Å². The highest BCUT2D eigenvalue weighted by molar-refractivity contribution is 7.27. The van der Waals surface area contributed by atoms with Gasteiger partial charge in [0, 0.05) is 109 Å². The highest BCUT2D eigenvalue weighted by Gasteiger charge is 2.29. The first-order valence-electron chi connectivity index (χ1n) is 43.1. The minimum atomic E-state index is 0.879. The fraction of sp³-hybridized carbons (Fsp3) is 0. The zero-order valence-electron chi connectivity index (χ0n) is 68.5. The summed E-state index contributed by atoms with van der Waals surface area (Å²) in [6.45, 7) is 0. The van der Waals surface area contributed by atoms with Gasteiger partial charge in [-0.05, 0) is 203 Å². The van der Waals surface area contributed by atoms with Crippen LogP contribution in [0.3, 0.4) is 0 Å². The van der Waals surface area contributed by atoms with Crippen LogP contribution in [-0.4, -0.2) is 42.4 Å². The number of thiophene rings is 3. The van der Waals surface area contributed by atoms with E-state index in [1.54, 1.807) is 23.7 Å². The van der Waals surface area contributed by atoms with Gasteiger partial charge >= 0.3 is 0 Å². The van der Waals surface area contributed by atoms with E-state index < -0.39 is 0 Å². The third-order valence-corrected chi connectivity index (χ3v) is 29.5. The number of imidazole rings is 2. The normalized spacial score (nSPS) is 12.2. The Balaban J connectivity index is 0.0000000983. The van der Waals surface area contributed by atoms with E-state index in [1.165, 1.54) is 93.1 Å². The first-order chi connectivity index (χ1) is 64.0. The number of rotatable bonds is 7. The summed E-state index contributed by atoms with van der Waals surface area (Å²) in [5.74, 6) is 0. The second-order valence-electron chi connectivity index (χ2n) is 33.0. The van der Waals surface area contributed by atoms with Gasteiger partial charge in [0.15, 0.2) is 16.7 Å². The molecular weight excluding hydrogens is 1640 g/mol. The minimum Gasteiger partial charge on any atom is -0.438 e. The molecule has 15 heterocycles. The van der Waals surface area contributed by atoms with Crippen LogP contribution in [0.4, 0.5) is 0 Å². The third-order valence-electron chi connectivity index (χ3n) is 25.9. The topological polar surface area (TPSA) is 115 Å². The Morgan fingerprint density at radius 3 is 1.03 bits per heavy atom. The van der Waals surface area contributed by atoms with Gasteiger partial charge in [0.25, 0.3) is 0 Å². The number of benzene rings is 15. The molecule has 0 spiro atoms. The number of aromatic nitrogens is 9. The van der Waals surface area contributed by atoms with Gasteiger partial charge in [-0.3, -0.25) is 27.5 Å². The minimum absolute atomic E-state index is 0.879. The molecule has 0 aliphatic rings. The van der Waals surface area contributed by atoms with Crippen LogP contribution in [0.1, 0.15) is 0 Å². The Morgan fingerprint density at radius 2 is 0.566 bits per heavy atom. The van der Waals surface area contributed by atoms with Crippen molar-refractivity contribution >= 4 is 238 Å². The predicted molar refractivity (Wildman–Crippen MR) is 538 cm³/mol. The van der Waals surface area contributed by atoms with E-state index in [4.69, 9.17) is 28.2 Å². The second-order valence-corrected chi connectivity index (χ2v) is 36.2. The summed E-state index contributed by atoms with van der Waals surface area (Å²) < 4.78 is 38.9. The molecule has 15 aromatic heterocycles. The van der Waals surface area contributed by atoms with Gasteiger partial charge < -0.3 is 13.3 Å². The maximum atomic E-state index is 6.76. The van der Waals surface area contributed by atoms with Crippen molar-refractivity contribution in [3.63, 3.8) is 0 Å². The summed E-state index contributed by atoms with van der Waals surface area (Å²) in [5, 5.41) is 17.8. The molecule has 15 heteroatoms. The Kier molecular flexibility index (Phi) is 15.6. The van der Waals surface area contributed by atoms with Crippen molar-refractivity contribution < 1.29 is 13.3 Å². The van der Waals surface area contributed by atoms with Gasteiger partial charge in [0.05, 0.1) is 91.3 Å². The lowest BCUT2D eigenvalue weighted by atomic mass is 10.0. The Hall–Kier alpha value is -16.6. The van der Waals surface area contributed by atoms with Crippen molar-refractivity contribution in [3.8, 4) is 61.8 Å². The van der Waals surface area contributed by atoms with Crippen molar-refractivity contribution in [2.45, 2.75) is 0 Å². The first kappa shape index (κ1) is 71.8. The lowest BCUT2D eigenvalue weighted by molar-refractivity contribution is 0.649. The molecule has 0 N–H and O–H groups in total. The number of pyridine rings is 4. The summed E-state index contributed by atoms with van der Waals surface area (Å²) in [7, 11) is 0. The zero-order chi connectivity index (χ0) is 84.2. The fourth-order valence-corrected chi connectivity index (χ4v) is 23.7. The Labute approximate surface area is 744 Å². The van der Waals surface area contributed by atoms with Crippen LogP contribution in [0, 0.1) is 0 Å². The van der Waals surface area contributed by atoms with Crippen molar-refractivity contribution in [1.82, 2.24) is 42.4 Å². The van der Waals surface area contributed by atoms with E-state index in [0.29, 0.717) is 0 Å². The first-order valence-corrected chi connectivity index (χ1v) is 45.6. The van der Waals surface area contributed by atoms with Crippen LogP contribution in [0.5, 0.6) is 0 Å². The quantitative estimate of drug-likeness (QED) is 0.146. The van der Waals surface area contributed by atoms with Gasteiger partial charge in [0.2, 0.25) is 17.1 Å². The van der Waals surface area contributed by atoms with Crippen LogP contribution < -0.4 is 0 Å². The molecular formula is C114H65N9O3S3. The molecule has 0 aliphatic heterocycles. The Morgan fingerprint density at radius 1 is 0.217 bits per heavy atom. The molecule has 0 saturated heterocycles. The van der Waals surface area contributed by atoms with Crippen LogP contribution in [0.15, 0.2) is 408 Å². The van der Waals surface area contributed by atoms with Gasteiger partial charge in [-0.25, -0.2) is 15.0 Å². The monoisotopic (exact) mass is 1700 g/mol. The molecule has 0 radical (unpaired) electrons. The average Bonchev–Trinajstić information content (AvgIpc) is 1.54. The van der Waals surface area contributed by atoms with Gasteiger partial charge in [-0.2, -0.15) is 0 Å². The summed E-state index contributed by atoms with van der Waals surface area (Å²) >= 11 is 5.41. The molecule has 0 bridgehead atoms. The Bertz CT molecular complexity index is 9890. The zero-order valence-corrected chi connectivity index (χ0v) is 71.0. The van der Waals surface area contributed by atoms with Crippen LogP contribution in [0.2, 0.25) is 0 Å². The molecule has 129 heavy (non-hydrogen) atoms. The standard InChI is InChI=1S/2C41H23N3OS.C32H19N3OS/c1-2-10-26(11-3-1)43-34-21-19-24(22-31(34)37-39-38(45-41(37)43)30-15-7-9-17-36(30)46-39)25-18-20-32-35(23-25)44-33-16-8-6-13-28(33)27-12-4-5-14-29(27)40(44)42-32;1-2-10-26(11-3-1)43-34-20-18-24(22-31(34)37-39-38(45-41(37)43)30-15-7-9-17-36(30)46-39)25-19-21-35-32(23-25)42-40-29-14-5-4-12-27(29)28-13-6-8-16-33(28)44(35)40;1-2-7-22(8-3-1)35-27-14-13-21(26-11-6-10-25(34-26)20-15-17-33-18-16-20)19-24(27)29-31-30(36-32(29)35)23-9-4-5-12-28(23)37-31/h2*1-23H;1-19H. The maximum absolute atomic E-state index is 6.76. The molecule has 30 aromatic rings. The van der Waals surface area contributed by atoms with Crippen LogP contribution in [-0.2, 0) is 0 Å². The highest BCUT2D eigenvalue weighted by Crippen LogP contribution is 2.51. The number of nitrogens with zero attached hydrogens (tertiary/aromatic N) is 9. The van der Waals surface area contributed by atoms with Crippen molar-refractivity contribution in [2.24, 2.45) is 0 Å². The molecule has 0 atom stereocenters. The molecule has 0 aliphatic carbocycles. The molecule has 602 valence electrons. The number of furan rings is 3. The highest BCUT2D eigenvalue weighted by atomic mass is 32.1. The van der Waals surface area contributed by atoms with Crippen LogP contribution >= 0.6 is 34.0 Å². The summed E-state index contributed by atoms with van der Waals surface area (Å²) in [6, 6.07) is 135. The summed E-state index contributed by atoms with van der Waals surface area (Å²) in [4.78, 5) is 19.5. The second kappa shape index (κ2) is 28.0. The molecule has 15 aromatic carbocycles. The van der Waals surface area contributed by atoms with Crippen molar-refractivity contribution in [2.75, 3.05) is 0 Å². The molecule has 0 saturated carbocycles. The molecule has 30 rings (SSSR count). The number of para-hydroxylation sites is 5. The van der Waals surface area contributed by atoms with Gasteiger partial charge in [0.1, 0.15) is 11.3 Å². The van der Waals surface area contributed by atoms with Crippen molar-refractivity contribution in [3.05, 3.63) is 395 Å². The molecule has 12 nitrogen and oxygen atoms in total. The van der Waals surface area contributed by atoms with Gasteiger partial charge in [-0.1, -0.05) is 212 Å². The summed E-state index contributed by atoms with van der Waals surface area (Å²) in [6.07, 6.45) is 3.60. The molecule has 0 unspecified atom stereocenters. The molecule has 0 fully saturated rings. The number of fused-ring (bicyclic) bond motifs is 37. The largest absolute Gasteiger partial charge is 0.438 e. The predicted octanol–water partition coefficient (Wildman–Crippen LogP) is 31.9. The average molecular weight is 1710 g/mol.